The Bertz CT molecular complexity index is 300. The highest BCUT2D eigenvalue weighted by molar-refractivity contribution is 4.89. The Kier molecular flexibility index (Phi) is 3.47. The quantitative estimate of drug-likeness (QED) is 0.697. The summed E-state index contributed by atoms with van der Waals surface area (Å²) in [6.45, 7) is 4.36. The second kappa shape index (κ2) is 4.63. The van der Waals surface area contributed by atoms with Crippen molar-refractivity contribution < 1.29 is 4.42 Å². The van der Waals surface area contributed by atoms with Crippen molar-refractivity contribution in [2.45, 2.75) is 32.9 Å². The van der Waals surface area contributed by atoms with Crippen LogP contribution in [0.3, 0.4) is 0 Å². The first kappa shape index (κ1) is 9.75. The molecule has 0 aliphatic heterocycles. The summed E-state index contributed by atoms with van der Waals surface area (Å²) in [6, 6.07) is 0.275. The molecular weight excluding hydrogens is 166 g/mol. The lowest BCUT2D eigenvalue weighted by Crippen LogP contribution is -2.24. The number of hydrogen-bond acceptors (Lipinski definition) is 4. The number of aromatic nitrogens is 2. The summed E-state index contributed by atoms with van der Waals surface area (Å²) in [5.41, 5.74) is 0. The zero-order valence-electron chi connectivity index (χ0n) is 7.87. The predicted octanol–water partition coefficient (Wildman–Crippen LogP) is 0.879. The molecule has 1 unspecified atom stereocenters. The van der Waals surface area contributed by atoms with Crippen molar-refractivity contribution in [3.63, 3.8) is 0 Å². The first-order chi connectivity index (χ1) is 6.22. The highest BCUT2D eigenvalue weighted by Gasteiger charge is 2.03. The maximum atomic E-state index is 5.18. The van der Waals surface area contributed by atoms with E-state index in [-0.39, 0.29) is 6.04 Å². The lowest BCUT2D eigenvalue weighted by atomic mass is 10.2. The lowest BCUT2D eigenvalue weighted by Gasteiger charge is -2.07. The lowest BCUT2D eigenvalue weighted by molar-refractivity contribution is 0.429. The summed E-state index contributed by atoms with van der Waals surface area (Å²) in [6.07, 6.45) is 5.86. The summed E-state index contributed by atoms with van der Waals surface area (Å²) in [7, 11) is 0. The molecule has 4 heteroatoms. The topological polar surface area (TPSA) is 51.0 Å². The molecule has 1 atom stereocenters. The van der Waals surface area contributed by atoms with Gasteiger partial charge < -0.3 is 9.73 Å². The second-order valence-corrected chi connectivity index (χ2v) is 2.91. The number of rotatable bonds is 4. The largest absolute Gasteiger partial charge is 0.424 e. The molecule has 1 aromatic rings. The van der Waals surface area contributed by atoms with E-state index in [0.717, 1.165) is 0 Å². The van der Waals surface area contributed by atoms with Crippen LogP contribution < -0.4 is 5.32 Å². The van der Waals surface area contributed by atoms with Crippen LogP contribution in [0.4, 0.5) is 0 Å². The van der Waals surface area contributed by atoms with E-state index in [1.165, 1.54) is 0 Å². The fourth-order valence-electron chi connectivity index (χ4n) is 0.919. The molecule has 1 N–H and O–H groups in total. The minimum atomic E-state index is 0.275. The number of hydrogen-bond donors (Lipinski definition) is 1. The van der Waals surface area contributed by atoms with Crippen LogP contribution in [0, 0.1) is 19.3 Å². The van der Waals surface area contributed by atoms with E-state index in [1.54, 1.807) is 6.92 Å². The highest BCUT2D eigenvalue weighted by atomic mass is 16.4. The van der Waals surface area contributed by atoms with Crippen molar-refractivity contribution in [2.75, 3.05) is 0 Å². The Hall–Kier alpha value is -1.34. The minimum absolute atomic E-state index is 0.275. The average Bonchev–Trinajstić information content (AvgIpc) is 2.49. The van der Waals surface area contributed by atoms with Gasteiger partial charge in [-0.2, -0.15) is 0 Å². The normalized spacial score (nSPS) is 12.4. The summed E-state index contributed by atoms with van der Waals surface area (Å²) < 4.78 is 5.18. The van der Waals surface area contributed by atoms with Crippen molar-refractivity contribution in [3.05, 3.63) is 11.8 Å². The third-order valence-electron chi connectivity index (χ3n) is 1.59. The van der Waals surface area contributed by atoms with Crippen LogP contribution in [0.15, 0.2) is 4.42 Å². The molecule has 0 fully saturated rings. The zero-order chi connectivity index (χ0) is 9.68. The monoisotopic (exact) mass is 179 g/mol. The Labute approximate surface area is 77.7 Å². The van der Waals surface area contributed by atoms with Gasteiger partial charge in [0.25, 0.3) is 0 Å². The fourth-order valence-corrected chi connectivity index (χ4v) is 0.919. The number of terminal acetylenes is 1. The van der Waals surface area contributed by atoms with Crippen LogP contribution in [0.5, 0.6) is 0 Å². The van der Waals surface area contributed by atoms with E-state index in [2.05, 4.69) is 21.4 Å². The van der Waals surface area contributed by atoms with Crippen molar-refractivity contribution in [1.29, 1.82) is 0 Å². The van der Waals surface area contributed by atoms with E-state index < -0.39 is 0 Å². The Morgan fingerprint density at radius 3 is 2.92 bits per heavy atom. The van der Waals surface area contributed by atoms with Gasteiger partial charge in [0, 0.05) is 19.4 Å². The second-order valence-electron chi connectivity index (χ2n) is 2.91. The third kappa shape index (κ3) is 3.26. The maximum Gasteiger partial charge on any atom is 0.230 e. The molecule has 0 bridgehead atoms. The van der Waals surface area contributed by atoms with Gasteiger partial charge in [-0.05, 0) is 6.92 Å². The summed E-state index contributed by atoms with van der Waals surface area (Å²) in [4.78, 5) is 0. The molecule has 1 aromatic heterocycles. The van der Waals surface area contributed by atoms with E-state index in [4.69, 9.17) is 10.8 Å². The molecule has 1 rings (SSSR count). The molecule has 1 heterocycles. The first-order valence-corrected chi connectivity index (χ1v) is 4.18. The van der Waals surface area contributed by atoms with Crippen LogP contribution in [-0.2, 0) is 6.54 Å². The standard InChI is InChI=1S/C9H13N3O/c1-4-5-7(2)10-6-9-12-11-8(3)13-9/h1,7,10H,5-6H2,2-3H3. The maximum absolute atomic E-state index is 5.18. The summed E-state index contributed by atoms with van der Waals surface area (Å²) in [5.74, 6) is 3.76. The Morgan fingerprint density at radius 2 is 2.38 bits per heavy atom. The van der Waals surface area contributed by atoms with E-state index in [0.29, 0.717) is 24.7 Å². The summed E-state index contributed by atoms with van der Waals surface area (Å²) in [5, 5.41) is 10.7. The number of nitrogens with one attached hydrogen (secondary N) is 1. The van der Waals surface area contributed by atoms with Gasteiger partial charge in [0.15, 0.2) is 0 Å². The molecule has 13 heavy (non-hydrogen) atoms. The van der Waals surface area contributed by atoms with Crippen LogP contribution in [-0.4, -0.2) is 16.2 Å². The van der Waals surface area contributed by atoms with Gasteiger partial charge in [-0.1, -0.05) is 0 Å². The number of nitrogens with zero attached hydrogens (tertiary/aromatic N) is 2. The molecule has 0 saturated heterocycles. The fraction of sp³-hybridized carbons (Fsp3) is 0.556. The molecule has 4 nitrogen and oxygen atoms in total. The molecule has 0 aliphatic carbocycles. The Balaban J connectivity index is 2.31. The van der Waals surface area contributed by atoms with Gasteiger partial charge in [0.1, 0.15) is 0 Å². The highest BCUT2D eigenvalue weighted by Crippen LogP contribution is 1.98. The van der Waals surface area contributed by atoms with Gasteiger partial charge in [0.2, 0.25) is 11.8 Å². The number of aryl methyl sites for hydroxylation is 1. The molecule has 0 aromatic carbocycles. The van der Waals surface area contributed by atoms with E-state index >= 15 is 0 Å². The molecule has 0 amide bonds. The Morgan fingerprint density at radius 1 is 1.62 bits per heavy atom. The molecule has 0 radical (unpaired) electrons. The molecule has 0 spiro atoms. The SMILES string of the molecule is C#CCC(C)NCc1nnc(C)o1. The predicted molar refractivity (Wildman–Crippen MR) is 48.8 cm³/mol. The van der Waals surface area contributed by atoms with Crippen LogP contribution in [0.25, 0.3) is 0 Å². The first-order valence-electron chi connectivity index (χ1n) is 4.18. The van der Waals surface area contributed by atoms with Crippen molar-refractivity contribution in [2.24, 2.45) is 0 Å². The van der Waals surface area contributed by atoms with Crippen LogP contribution in [0.1, 0.15) is 25.1 Å². The molecule has 70 valence electrons. The van der Waals surface area contributed by atoms with Crippen molar-refractivity contribution >= 4 is 0 Å². The summed E-state index contributed by atoms with van der Waals surface area (Å²) >= 11 is 0. The van der Waals surface area contributed by atoms with Gasteiger partial charge in [-0.3, -0.25) is 0 Å². The van der Waals surface area contributed by atoms with Gasteiger partial charge in [0.05, 0.1) is 6.54 Å². The zero-order valence-corrected chi connectivity index (χ0v) is 7.87. The van der Waals surface area contributed by atoms with Crippen LogP contribution in [0.2, 0.25) is 0 Å². The van der Waals surface area contributed by atoms with Crippen LogP contribution >= 0.6 is 0 Å². The van der Waals surface area contributed by atoms with Crippen molar-refractivity contribution in [1.82, 2.24) is 15.5 Å². The van der Waals surface area contributed by atoms with Gasteiger partial charge in [-0.15, -0.1) is 22.5 Å². The van der Waals surface area contributed by atoms with E-state index in [1.807, 2.05) is 6.92 Å². The van der Waals surface area contributed by atoms with Gasteiger partial charge in [-0.25, -0.2) is 0 Å². The molecule has 0 saturated carbocycles. The third-order valence-corrected chi connectivity index (χ3v) is 1.59. The van der Waals surface area contributed by atoms with E-state index in [9.17, 15) is 0 Å². The molecular formula is C9H13N3O. The smallest absolute Gasteiger partial charge is 0.230 e. The molecule has 0 aliphatic rings. The average molecular weight is 179 g/mol. The van der Waals surface area contributed by atoms with Gasteiger partial charge >= 0.3 is 0 Å². The minimum Gasteiger partial charge on any atom is -0.424 e. The van der Waals surface area contributed by atoms with Crippen molar-refractivity contribution in [3.8, 4) is 12.3 Å².